The molecule has 5 heteroatoms. The fourth-order valence-corrected chi connectivity index (χ4v) is 2.08. The van der Waals surface area contributed by atoms with Crippen LogP contribution in [0.5, 0.6) is 0 Å². The summed E-state index contributed by atoms with van der Waals surface area (Å²) >= 11 is 5.86. The normalized spacial score (nSPS) is 10.1. The number of halogens is 1. The third-order valence-electron chi connectivity index (χ3n) is 3.06. The lowest BCUT2D eigenvalue weighted by atomic mass is 10.1. The number of ether oxygens (including phenoxy) is 1. The molecule has 0 atom stereocenters. The van der Waals surface area contributed by atoms with Crippen LogP contribution < -0.4 is 10.6 Å². The second-order valence-electron chi connectivity index (χ2n) is 4.73. The second kappa shape index (κ2) is 8.29. The van der Waals surface area contributed by atoms with E-state index in [4.69, 9.17) is 16.3 Å². The van der Waals surface area contributed by atoms with Gasteiger partial charge in [-0.3, -0.25) is 5.32 Å². The van der Waals surface area contributed by atoms with Crippen molar-refractivity contribution in [1.82, 2.24) is 0 Å². The quantitative estimate of drug-likeness (QED) is 0.820. The Balaban J connectivity index is 1.78. The molecular weight excluding hydrogens is 300 g/mol. The Bertz CT molecular complexity index is 597. The predicted molar refractivity (Wildman–Crippen MR) is 90.7 cm³/mol. The van der Waals surface area contributed by atoms with E-state index >= 15 is 0 Å². The van der Waals surface area contributed by atoms with Crippen LogP contribution >= 0.6 is 11.6 Å². The summed E-state index contributed by atoms with van der Waals surface area (Å²) < 4.78 is 4.82. The molecule has 0 aliphatic carbocycles. The molecule has 2 rings (SSSR count). The van der Waals surface area contributed by atoms with Gasteiger partial charge < -0.3 is 10.1 Å². The van der Waals surface area contributed by atoms with E-state index in [1.807, 2.05) is 48.5 Å². The van der Waals surface area contributed by atoms with E-state index in [1.54, 1.807) is 6.92 Å². The van der Waals surface area contributed by atoms with Crippen molar-refractivity contribution < 1.29 is 9.53 Å². The number of carbonyl (C=O) groups excluding carboxylic acids is 1. The molecule has 0 saturated carbocycles. The van der Waals surface area contributed by atoms with Crippen molar-refractivity contribution in [2.45, 2.75) is 13.3 Å². The van der Waals surface area contributed by atoms with Gasteiger partial charge in [0.05, 0.1) is 6.61 Å². The van der Waals surface area contributed by atoms with E-state index in [0.717, 1.165) is 23.7 Å². The Labute approximate surface area is 135 Å². The fourth-order valence-electron chi connectivity index (χ4n) is 1.96. The van der Waals surface area contributed by atoms with Gasteiger partial charge in [-0.15, -0.1) is 0 Å². The molecule has 0 fully saturated rings. The average molecular weight is 319 g/mol. The van der Waals surface area contributed by atoms with Crippen LogP contribution in [-0.4, -0.2) is 19.2 Å². The molecule has 0 spiro atoms. The first-order chi connectivity index (χ1) is 10.7. The predicted octanol–water partition coefficient (Wildman–Crippen LogP) is 4.56. The van der Waals surface area contributed by atoms with Crippen molar-refractivity contribution in [3.05, 3.63) is 59.1 Å². The van der Waals surface area contributed by atoms with Crippen molar-refractivity contribution >= 4 is 29.1 Å². The van der Waals surface area contributed by atoms with Gasteiger partial charge in [-0.25, -0.2) is 4.79 Å². The van der Waals surface area contributed by atoms with E-state index < -0.39 is 6.09 Å². The zero-order valence-corrected chi connectivity index (χ0v) is 13.2. The number of hydrogen-bond donors (Lipinski definition) is 2. The van der Waals surface area contributed by atoms with Gasteiger partial charge in [-0.2, -0.15) is 0 Å². The molecule has 1 amide bonds. The standard InChI is InChI=1S/C17H19ClN2O2/c1-2-22-17(21)20-16-9-7-15(8-10-16)19-12-11-13-3-5-14(18)6-4-13/h3-10,19H,2,11-12H2,1H3,(H,20,21). The molecule has 2 aromatic carbocycles. The smallest absolute Gasteiger partial charge is 0.411 e. The van der Waals surface area contributed by atoms with Gasteiger partial charge in [0.2, 0.25) is 0 Å². The summed E-state index contributed by atoms with van der Waals surface area (Å²) in [5, 5.41) is 6.74. The largest absolute Gasteiger partial charge is 0.450 e. The van der Waals surface area contributed by atoms with Crippen molar-refractivity contribution in [3.8, 4) is 0 Å². The Morgan fingerprint density at radius 2 is 1.68 bits per heavy atom. The number of rotatable bonds is 6. The molecule has 0 bridgehead atoms. The van der Waals surface area contributed by atoms with Gasteiger partial charge >= 0.3 is 6.09 Å². The SMILES string of the molecule is CCOC(=O)Nc1ccc(NCCc2ccc(Cl)cc2)cc1. The molecule has 0 unspecified atom stereocenters. The zero-order valence-electron chi connectivity index (χ0n) is 12.4. The first kappa shape index (κ1) is 16.2. The van der Waals surface area contributed by atoms with Crippen LogP contribution in [-0.2, 0) is 11.2 Å². The maximum Gasteiger partial charge on any atom is 0.411 e. The van der Waals surface area contributed by atoms with Crippen molar-refractivity contribution in [3.63, 3.8) is 0 Å². The van der Waals surface area contributed by atoms with Crippen LogP contribution in [0.1, 0.15) is 12.5 Å². The molecule has 116 valence electrons. The number of benzene rings is 2. The third-order valence-corrected chi connectivity index (χ3v) is 3.31. The van der Waals surface area contributed by atoms with Crippen molar-refractivity contribution in [1.29, 1.82) is 0 Å². The molecule has 0 heterocycles. The molecule has 0 radical (unpaired) electrons. The first-order valence-electron chi connectivity index (χ1n) is 7.19. The molecule has 0 aliphatic rings. The number of nitrogens with one attached hydrogen (secondary N) is 2. The van der Waals surface area contributed by atoms with Gasteiger partial charge in [-0.1, -0.05) is 23.7 Å². The number of carbonyl (C=O) groups is 1. The topological polar surface area (TPSA) is 50.4 Å². The monoisotopic (exact) mass is 318 g/mol. The lowest BCUT2D eigenvalue weighted by molar-refractivity contribution is 0.168. The van der Waals surface area contributed by atoms with E-state index in [1.165, 1.54) is 5.56 Å². The number of hydrogen-bond acceptors (Lipinski definition) is 3. The molecule has 0 aromatic heterocycles. The van der Waals surface area contributed by atoms with E-state index in [0.29, 0.717) is 12.3 Å². The Morgan fingerprint density at radius 1 is 1.05 bits per heavy atom. The summed E-state index contributed by atoms with van der Waals surface area (Å²) in [6, 6.07) is 15.3. The average Bonchev–Trinajstić information content (AvgIpc) is 2.51. The summed E-state index contributed by atoms with van der Waals surface area (Å²) in [4.78, 5) is 11.3. The fraction of sp³-hybridized carbons (Fsp3) is 0.235. The summed E-state index contributed by atoms with van der Waals surface area (Å²) in [6.45, 7) is 2.95. The van der Waals surface area contributed by atoms with Crippen molar-refractivity contribution in [2.75, 3.05) is 23.8 Å². The highest BCUT2D eigenvalue weighted by atomic mass is 35.5. The second-order valence-corrected chi connectivity index (χ2v) is 5.16. The lowest BCUT2D eigenvalue weighted by Crippen LogP contribution is -2.13. The highest BCUT2D eigenvalue weighted by Gasteiger charge is 2.01. The third kappa shape index (κ3) is 5.30. The van der Waals surface area contributed by atoms with Crippen LogP contribution in [0.15, 0.2) is 48.5 Å². The minimum atomic E-state index is -0.439. The number of amides is 1. The minimum absolute atomic E-state index is 0.357. The first-order valence-corrected chi connectivity index (χ1v) is 7.57. The maximum atomic E-state index is 11.3. The zero-order chi connectivity index (χ0) is 15.8. The van der Waals surface area contributed by atoms with E-state index in [9.17, 15) is 4.79 Å². The molecule has 2 N–H and O–H groups in total. The Hall–Kier alpha value is -2.20. The lowest BCUT2D eigenvalue weighted by Gasteiger charge is -2.09. The van der Waals surface area contributed by atoms with Gasteiger partial charge in [0, 0.05) is 22.9 Å². The van der Waals surface area contributed by atoms with Crippen LogP contribution in [0.25, 0.3) is 0 Å². The summed E-state index contributed by atoms with van der Waals surface area (Å²) in [7, 11) is 0. The highest BCUT2D eigenvalue weighted by Crippen LogP contribution is 2.14. The molecule has 0 saturated heterocycles. The van der Waals surface area contributed by atoms with Crippen molar-refractivity contribution in [2.24, 2.45) is 0 Å². The van der Waals surface area contributed by atoms with E-state index in [-0.39, 0.29) is 0 Å². The minimum Gasteiger partial charge on any atom is -0.450 e. The Morgan fingerprint density at radius 3 is 2.32 bits per heavy atom. The summed E-state index contributed by atoms with van der Waals surface area (Å²) in [6.07, 6.45) is 0.478. The van der Waals surface area contributed by atoms with Crippen LogP contribution in [0.2, 0.25) is 5.02 Å². The van der Waals surface area contributed by atoms with E-state index in [2.05, 4.69) is 10.6 Å². The molecule has 2 aromatic rings. The molecule has 22 heavy (non-hydrogen) atoms. The summed E-state index contributed by atoms with van der Waals surface area (Å²) in [5.74, 6) is 0. The van der Waals surface area contributed by atoms with Gasteiger partial charge in [0.1, 0.15) is 0 Å². The van der Waals surface area contributed by atoms with Crippen LogP contribution in [0, 0.1) is 0 Å². The van der Waals surface area contributed by atoms with Crippen LogP contribution in [0.4, 0.5) is 16.2 Å². The highest BCUT2D eigenvalue weighted by molar-refractivity contribution is 6.30. The Kier molecular flexibility index (Phi) is 6.10. The molecular formula is C17H19ClN2O2. The van der Waals surface area contributed by atoms with Crippen LogP contribution in [0.3, 0.4) is 0 Å². The summed E-state index contributed by atoms with van der Waals surface area (Å²) in [5.41, 5.74) is 2.95. The molecule has 4 nitrogen and oxygen atoms in total. The molecule has 0 aliphatic heterocycles. The van der Waals surface area contributed by atoms with Gasteiger partial charge in [0.25, 0.3) is 0 Å². The maximum absolute atomic E-state index is 11.3. The van der Waals surface area contributed by atoms with Gasteiger partial charge in [0.15, 0.2) is 0 Å². The van der Waals surface area contributed by atoms with Gasteiger partial charge in [-0.05, 0) is 55.3 Å². The number of anilines is 2.